The van der Waals surface area contributed by atoms with Gasteiger partial charge in [0.2, 0.25) is 0 Å². The zero-order valence-electron chi connectivity index (χ0n) is 8.74. The molecule has 0 aliphatic carbocycles. The van der Waals surface area contributed by atoms with Gasteiger partial charge in [-0.15, -0.1) is 0 Å². The van der Waals surface area contributed by atoms with Crippen molar-refractivity contribution in [3.05, 3.63) is 29.3 Å². The molecule has 1 rings (SSSR count). The van der Waals surface area contributed by atoms with Gasteiger partial charge in [0, 0.05) is 12.6 Å². The predicted octanol–water partition coefficient (Wildman–Crippen LogP) is 2.43. The Morgan fingerprint density at radius 1 is 1.12 bits per heavy atom. The third-order valence-electron chi connectivity index (χ3n) is 1.81. The van der Waals surface area contributed by atoms with E-state index in [0.717, 1.165) is 0 Å². The minimum Gasteiger partial charge on any atom is -0.389 e. The Morgan fingerprint density at radius 2 is 1.56 bits per heavy atom. The highest BCUT2D eigenvalue weighted by molar-refractivity contribution is 5.47. The van der Waals surface area contributed by atoms with E-state index in [1.165, 1.54) is 13.8 Å². The van der Waals surface area contributed by atoms with Crippen molar-refractivity contribution in [3.63, 3.8) is 0 Å². The molecule has 0 fully saturated rings. The van der Waals surface area contributed by atoms with Crippen LogP contribution >= 0.6 is 0 Å². The van der Waals surface area contributed by atoms with Crippen molar-refractivity contribution >= 4 is 5.69 Å². The molecule has 0 saturated heterocycles. The van der Waals surface area contributed by atoms with E-state index in [2.05, 4.69) is 5.32 Å². The van der Waals surface area contributed by atoms with Gasteiger partial charge in [-0.05, 0) is 13.8 Å². The largest absolute Gasteiger partial charge is 0.389 e. The fourth-order valence-corrected chi connectivity index (χ4v) is 1.03. The smallest absolute Gasteiger partial charge is 0.185 e. The van der Waals surface area contributed by atoms with Gasteiger partial charge < -0.3 is 10.4 Å². The molecule has 0 saturated carbocycles. The summed E-state index contributed by atoms with van der Waals surface area (Å²) in [5.41, 5.74) is -2.18. The Morgan fingerprint density at radius 3 is 1.94 bits per heavy atom. The van der Waals surface area contributed by atoms with Gasteiger partial charge in [0.1, 0.15) is 5.69 Å². The van der Waals surface area contributed by atoms with E-state index in [-0.39, 0.29) is 12.6 Å². The van der Waals surface area contributed by atoms with E-state index in [9.17, 15) is 22.7 Å². The summed E-state index contributed by atoms with van der Waals surface area (Å²) in [6.07, 6.45) is 0. The van der Waals surface area contributed by atoms with Gasteiger partial charge in [-0.2, -0.15) is 0 Å². The van der Waals surface area contributed by atoms with Crippen molar-refractivity contribution in [2.45, 2.75) is 19.4 Å². The number of aliphatic hydroxyl groups is 1. The first-order valence-corrected chi connectivity index (χ1v) is 4.51. The second-order valence-corrected chi connectivity index (χ2v) is 4.01. The van der Waals surface area contributed by atoms with E-state index in [4.69, 9.17) is 0 Å². The summed E-state index contributed by atoms with van der Waals surface area (Å²) >= 11 is 0. The highest BCUT2D eigenvalue weighted by Crippen LogP contribution is 2.24. The van der Waals surface area contributed by atoms with Crippen LogP contribution in [0.5, 0.6) is 0 Å². The van der Waals surface area contributed by atoms with E-state index in [1.54, 1.807) is 0 Å². The van der Waals surface area contributed by atoms with Crippen LogP contribution in [0.3, 0.4) is 0 Å². The maximum Gasteiger partial charge on any atom is 0.185 e. The molecule has 0 heterocycles. The number of anilines is 1. The Kier molecular flexibility index (Phi) is 3.42. The molecule has 0 amide bonds. The zero-order valence-corrected chi connectivity index (χ0v) is 8.74. The fraction of sp³-hybridized carbons (Fsp3) is 0.400. The van der Waals surface area contributed by atoms with Crippen molar-refractivity contribution in [3.8, 4) is 0 Å². The highest BCUT2D eigenvalue weighted by Gasteiger charge is 2.21. The van der Waals surface area contributed by atoms with Crippen LogP contribution in [-0.2, 0) is 0 Å². The normalized spacial score (nSPS) is 11.7. The minimum atomic E-state index is -1.51. The molecule has 1 aromatic carbocycles. The maximum absolute atomic E-state index is 13.1. The van der Waals surface area contributed by atoms with E-state index in [0.29, 0.717) is 0 Å². The highest BCUT2D eigenvalue weighted by atomic mass is 19.2. The van der Waals surface area contributed by atoms with Crippen LogP contribution in [0.1, 0.15) is 13.8 Å². The van der Waals surface area contributed by atoms with Gasteiger partial charge in [0.05, 0.1) is 5.60 Å². The molecule has 0 spiro atoms. The molecule has 2 N–H and O–H groups in total. The van der Waals surface area contributed by atoms with Gasteiger partial charge >= 0.3 is 0 Å². The van der Waals surface area contributed by atoms with Crippen LogP contribution in [-0.4, -0.2) is 17.3 Å². The van der Waals surface area contributed by atoms with Crippen molar-refractivity contribution < 1.29 is 22.7 Å². The predicted molar refractivity (Wildman–Crippen MR) is 51.1 cm³/mol. The number of rotatable bonds is 3. The molecular weight excluding hydrogens is 226 g/mol. The molecule has 6 heteroatoms. The Bertz CT molecular complexity index is 375. The number of nitrogens with one attached hydrogen (secondary N) is 1. The average Bonchev–Trinajstić information content (AvgIpc) is 2.13. The van der Waals surface area contributed by atoms with Gasteiger partial charge in [0.25, 0.3) is 0 Å². The lowest BCUT2D eigenvalue weighted by atomic mass is 10.1. The van der Waals surface area contributed by atoms with Crippen LogP contribution in [0.15, 0.2) is 6.07 Å². The molecule has 90 valence electrons. The van der Waals surface area contributed by atoms with Crippen molar-refractivity contribution in [2.24, 2.45) is 0 Å². The van der Waals surface area contributed by atoms with Gasteiger partial charge in [-0.1, -0.05) is 0 Å². The minimum absolute atomic E-state index is 0.125. The summed E-state index contributed by atoms with van der Waals surface area (Å²) in [5.74, 6) is -6.00. The van der Waals surface area contributed by atoms with Gasteiger partial charge in [-0.25, -0.2) is 17.6 Å². The number of hydrogen-bond donors (Lipinski definition) is 2. The van der Waals surface area contributed by atoms with Crippen LogP contribution in [0.25, 0.3) is 0 Å². The molecular formula is C10H11F4NO. The molecule has 0 atom stereocenters. The van der Waals surface area contributed by atoms with Crippen LogP contribution in [0.2, 0.25) is 0 Å². The van der Waals surface area contributed by atoms with Crippen molar-refractivity contribution in [2.75, 3.05) is 11.9 Å². The maximum atomic E-state index is 13.1. The monoisotopic (exact) mass is 237 g/mol. The summed E-state index contributed by atoms with van der Waals surface area (Å²) in [6, 6.07) is 0.125. The molecule has 0 unspecified atom stereocenters. The Labute approximate surface area is 89.9 Å². The first kappa shape index (κ1) is 12.8. The van der Waals surface area contributed by atoms with E-state index < -0.39 is 34.6 Å². The molecule has 0 radical (unpaired) electrons. The number of halogens is 4. The van der Waals surface area contributed by atoms with Gasteiger partial charge in [-0.3, -0.25) is 0 Å². The van der Waals surface area contributed by atoms with Crippen LogP contribution < -0.4 is 5.32 Å². The molecule has 0 bridgehead atoms. The average molecular weight is 237 g/mol. The summed E-state index contributed by atoms with van der Waals surface area (Å²) in [5, 5.41) is 11.4. The van der Waals surface area contributed by atoms with Crippen molar-refractivity contribution in [1.29, 1.82) is 0 Å². The summed E-state index contributed by atoms with van der Waals surface area (Å²) in [7, 11) is 0. The lowest BCUT2D eigenvalue weighted by Gasteiger charge is -2.19. The summed E-state index contributed by atoms with van der Waals surface area (Å²) < 4.78 is 51.7. The SMILES string of the molecule is CC(C)(O)CNc1c(F)c(F)cc(F)c1F. The molecule has 2 nitrogen and oxygen atoms in total. The topological polar surface area (TPSA) is 32.3 Å². The number of benzene rings is 1. The van der Waals surface area contributed by atoms with Crippen molar-refractivity contribution in [1.82, 2.24) is 0 Å². The third kappa shape index (κ3) is 2.85. The first-order valence-electron chi connectivity index (χ1n) is 4.51. The van der Waals surface area contributed by atoms with Crippen LogP contribution in [0.4, 0.5) is 23.2 Å². The quantitative estimate of drug-likeness (QED) is 0.625. The van der Waals surface area contributed by atoms with E-state index in [1.807, 2.05) is 0 Å². The molecule has 0 aliphatic rings. The molecule has 0 aromatic heterocycles. The standard InChI is InChI=1S/C10H11F4NO/c1-10(2,16)4-15-9-7(13)5(11)3-6(12)8(9)14/h3,15-16H,4H2,1-2H3. The molecule has 1 aromatic rings. The third-order valence-corrected chi connectivity index (χ3v) is 1.81. The Balaban J connectivity index is 3.04. The van der Waals surface area contributed by atoms with Gasteiger partial charge in [0.15, 0.2) is 23.3 Å². The zero-order chi connectivity index (χ0) is 12.5. The molecule has 16 heavy (non-hydrogen) atoms. The number of hydrogen-bond acceptors (Lipinski definition) is 2. The Hall–Kier alpha value is -1.30. The summed E-state index contributed by atoms with van der Waals surface area (Å²) in [4.78, 5) is 0. The lowest BCUT2D eigenvalue weighted by molar-refractivity contribution is 0.0943. The van der Waals surface area contributed by atoms with Crippen LogP contribution in [0, 0.1) is 23.3 Å². The molecule has 0 aliphatic heterocycles. The second-order valence-electron chi connectivity index (χ2n) is 4.01. The second kappa shape index (κ2) is 4.29. The fourth-order valence-electron chi connectivity index (χ4n) is 1.03. The first-order chi connectivity index (χ1) is 7.22. The van der Waals surface area contributed by atoms with E-state index >= 15 is 0 Å². The lowest BCUT2D eigenvalue weighted by Crippen LogP contribution is -2.30. The summed E-state index contributed by atoms with van der Waals surface area (Å²) in [6.45, 7) is 2.51.